The molecule has 30 heavy (non-hydrogen) atoms. The number of methoxy groups -OCH3 is 1. The molecule has 0 unspecified atom stereocenters. The summed E-state index contributed by atoms with van der Waals surface area (Å²) in [7, 11) is -2.59. The number of amides is 1. The highest BCUT2D eigenvalue weighted by atomic mass is 32.2. The molecule has 3 aromatic rings. The standard InChI is InChI=1S/C22H21NO6S/c1-16-5-9-19(10-6-16)30(25,26)29-20-11-7-17(14-21(20)27-2)8-12-22(24)23-15-18-4-3-13-28-18/h3-14H,15H2,1-2H3,(H,23,24). The summed E-state index contributed by atoms with van der Waals surface area (Å²) in [6, 6.07) is 14.5. The smallest absolute Gasteiger partial charge is 0.339 e. The van der Waals surface area contributed by atoms with Gasteiger partial charge in [-0.25, -0.2) is 0 Å². The van der Waals surface area contributed by atoms with Crippen molar-refractivity contribution in [2.75, 3.05) is 7.11 Å². The second kappa shape index (κ2) is 9.32. The Morgan fingerprint density at radius 1 is 1.10 bits per heavy atom. The Morgan fingerprint density at radius 2 is 1.87 bits per heavy atom. The molecular formula is C22H21NO6S. The van der Waals surface area contributed by atoms with E-state index >= 15 is 0 Å². The number of aryl methyl sites for hydroxylation is 1. The maximum atomic E-state index is 12.5. The third-order valence-electron chi connectivity index (χ3n) is 4.14. The molecule has 1 aromatic heterocycles. The number of carbonyl (C=O) groups excluding carboxylic acids is 1. The van der Waals surface area contributed by atoms with E-state index in [0.717, 1.165) is 5.56 Å². The lowest BCUT2D eigenvalue weighted by Crippen LogP contribution is -2.19. The third-order valence-corrected chi connectivity index (χ3v) is 5.39. The Bertz CT molecular complexity index is 1130. The zero-order valence-corrected chi connectivity index (χ0v) is 17.3. The summed E-state index contributed by atoms with van der Waals surface area (Å²) in [6.07, 6.45) is 4.48. The minimum atomic E-state index is -4.00. The Labute approximate surface area is 175 Å². The van der Waals surface area contributed by atoms with Crippen LogP contribution in [0.3, 0.4) is 0 Å². The fourth-order valence-electron chi connectivity index (χ4n) is 2.55. The van der Waals surface area contributed by atoms with E-state index in [1.807, 2.05) is 6.92 Å². The third kappa shape index (κ3) is 5.51. The first-order chi connectivity index (χ1) is 14.4. The number of carbonyl (C=O) groups is 1. The topological polar surface area (TPSA) is 94.8 Å². The molecule has 0 aliphatic carbocycles. The van der Waals surface area contributed by atoms with Gasteiger partial charge in [0, 0.05) is 6.08 Å². The summed E-state index contributed by atoms with van der Waals surface area (Å²) < 4.78 is 40.6. The molecule has 0 atom stereocenters. The van der Waals surface area contributed by atoms with Crippen molar-refractivity contribution in [3.63, 3.8) is 0 Å². The van der Waals surface area contributed by atoms with Crippen molar-refractivity contribution in [1.82, 2.24) is 5.32 Å². The summed E-state index contributed by atoms with van der Waals surface area (Å²) in [5.41, 5.74) is 1.58. The monoisotopic (exact) mass is 427 g/mol. The average molecular weight is 427 g/mol. The number of ether oxygens (including phenoxy) is 1. The SMILES string of the molecule is COc1cc(C=CC(=O)NCc2ccco2)ccc1OS(=O)(=O)c1ccc(C)cc1. The van der Waals surface area contributed by atoms with Gasteiger partial charge in [-0.05, 0) is 55.0 Å². The van der Waals surface area contributed by atoms with Crippen molar-refractivity contribution in [2.45, 2.75) is 18.4 Å². The van der Waals surface area contributed by atoms with Crippen LogP contribution in [0.25, 0.3) is 6.08 Å². The molecule has 0 aliphatic heterocycles. The van der Waals surface area contributed by atoms with Gasteiger partial charge in [0.05, 0.1) is 19.9 Å². The Morgan fingerprint density at radius 3 is 2.53 bits per heavy atom. The Hall–Kier alpha value is -3.52. The molecule has 1 amide bonds. The van der Waals surface area contributed by atoms with Crippen molar-refractivity contribution >= 4 is 22.1 Å². The molecule has 0 bridgehead atoms. The van der Waals surface area contributed by atoms with Crippen LogP contribution in [-0.4, -0.2) is 21.4 Å². The van der Waals surface area contributed by atoms with E-state index in [1.54, 1.807) is 42.5 Å². The first-order valence-corrected chi connectivity index (χ1v) is 10.5. The van der Waals surface area contributed by atoms with E-state index in [2.05, 4.69) is 5.32 Å². The van der Waals surface area contributed by atoms with Crippen LogP contribution in [-0.2, 0) is 21.5 Å². The van der Waals surface area contributed by atoms with Crippen molar-refractivity contribution in [3.8, 4) is 11.5 Å². The van der Waals surface area contributed by atoms with Crippen LogP contribution in [0.1, 0.15) is 16.9 Å². The molecule has 0 spiro atoms. The minimum Gasteiger partial charge on any atom is -0.493 e. The van der Waals surface area contributed by atoms with E-state index in [4.69, 9.17) is 13.3 Å². The zero-order valence-electron chi connectivity index (χ0n) is 16.5. The van der Waals surface area contributed by atoms with Crippen LogP contribution in [0.2, 0.25) is 0 Å². The lowest BCUT2D eigenvalue weighted by atomic mass is 10.2. The van der Waals surface area contributed by atoms with Crippen molar-refractivity contribution in [2.24, 2.45) is 0 Å². The number of hydrogen-bond acceptors (Lipinski definition) is 6. The van der Waals surface area contributed by atoms with Crippen LogP contribution >= 0.6 is 0 Å². The van der Waals surface area contributed by atoms with Gasteiger partial charge in [-0.2, -0.15) is 8.42 Å². The van der Waals surface area contributed by atoms with Crippen LogP contribution < -0.4 is 14.2 Å². The first kappa shape index (κ1) is 21.2. The van der Waals surface area contributed by atoms with Gasteiger partial charge in [0.1, 0.15) is 10.7 Å². The van der Waals surface area contributed by atoms with Gasteiger partial charge in [0.25, 0.3) is 0 Å². The van der Waals surface area contributed by atoms with Gasteiger partial charge in [-0.3, -0.25) is 4.79 Å². The lowest BCUT2D eigenvalue weighted by molar-refractivity contribution is -0.116. The quantitative estimate of drug-likeness (QED) is 0.435. The molecule has 156 valence electrons. The number of hydrogen-bond donors (Lipinski definition) is 1. The largest absolute Gasteiger partial charge is 0.493 e. The van der Waals surface area contributed by atoms with Gasteiger partial charge >= 0.3 is 10.1 Å². The summed E-state index contributed by atoms with van der Waals surface area (Å²) in [5, 5.41) is 2.69. The zero-order chi connectivity index (χ0) is 21.6. The second-order valence-electron chi connectivity index (χ2n) is 6.39. The Kier molecular flexibility index (Phi) is 6.58. The number of rotatable bonds is 8. The number of nitrogens with one attached hydrogen (secondary N) is 1. The van der Waals surface area contributed by atoms with E-state index in [1.165, 1.54) is 37.6 Å². The van der Waals surface area contributed by atoms with Gasteiger partial charge in [0.15, 0.2) is 11.5 Å². The highest BCUT2D eigenvalue weighted by molar-refractivity contribution is 7.87. The van der Waals surface area contributed by atoms with Crippen LogP contribution in [0.15, 0.2) is 76.2 Å². The molecule has 2 aromatic carbocycles. The molecule has 0 fully saturated rings. The van der Waals surface area contributed by atoms with Crippen LogP contribution in [0.5, 0.6) is 11.5 Å². The average Bonchev–Trinajstić information content (AvgIpc) is 3.25. The summed E-state index contributed by atoms with van der Waals surface area (Å²) in [6.45, 7) is 2.15. The van der Waals surface area contributed by atoms with E-state index < -0.39 is 10.1 Å². The first-order valence-electron chi connectivity index (χ1n) is 9.05. The molecule has 0 saturated heterocycles. The minimum absolute atomic E-state index is 0.0485. The molecule has 1 heterocycles. The summed E-state index contributed by atoms with van der Waals surface area (Å²) in [4.78, 5) is 12.0. The molecule has 7 nitrogen and oxygen atoms in total. The predicted molar refractivity (Wildman–Crippen MR) is 112 cm³/mol. The maximum Gasteiger partial charge on any atom is 0.339 e. The lowest BCUT2D eigenvalue weighted by Gasteiger charge is -2.11. The molecule has 3 rings (SSSR count). The van der Waals surface area contributed by atoms with Crippen molar-refractivity contribution < 1.29 is 26.5 Å². The van der Waals surface area contributed by atoms with Gasteiger partial charge in [0.2, 0.25) is 5.91 Å². The predicted octanol–water partition coefficient (Wildman–Crippen LogP) is 3.69. The van der Waals surface area contributed by atoms with Crippen molar-refractivity contribution in [3.05, 3.63) is 83.8 Å². The van der Waals surface area contributed by atoms with Gasteiger partial charge < -0.3 is 18.7 Å². The molecule has 0 radical (unpaired) electrons. The normalized spacial score (nSPS) is 11.4. The van der Waals surface area contributed by atoms with Crippen LogP contribution in [0.4, 0.5) is 0 Å². The number of furan rings is 1. The van der Waals surface area contributed by atoms with Gasteiger partial charge in [-0.15, -0.1) is 0 Å². The second-order valence-corrected chi connectivity index (χ2v) is 7.94. The molecule has 8 heteroatoms. The molecular weight excluding hydrogens is 406 g/mol. The highest BCUT2D eigenvalue weighted by Crippen LogP contribution is 2.31. The highest BCUT2D eigenvalue weighted by Gasteiger charge is 2.19. The number of benzene rings is 2. The summed E-state index contributed by atoms with van der Waals surface area (Å²) >= 11 is 0. The Balaban J connectivity index is 1.69. The summed E-state index contributed by atoms with van der Waals surface area (Å²) in [5.74, 6) is 0.628. The van der Waals surface area contributed by atoms with E-state index in [-0.39, 0.29) is 28.8 Å². The van der Waals surface area contributed by atoms with Crippen LogP contribution in [0, 0.1) is 6.92 Å². The fraction of sp³-hybridized carbons (Fsp3) is 0.136. The fourth-order valence-corrected chi connectivity index (χ4v) is 3.49. The molecule has 0 saturated carbocycles. The van der Waals surface area contributed by atoms with Crippen molar-refractivity contribution in [1.29, 1.82) is 0 Å². The maximum absolute atomic E-state index is 12.5. The molecule has 1 N–H and O–H groups in total. The van der Waals surface area contributed by atoms with E-state index in [9.17, 15) is 13.2 Å². The molecule has 0 aliphatic rings. The van der Waals surface area contributed by atoms with E-state index in [0.29, 0.717) is 11.3 Å². The van der Waals surface area contributed by atoms with Gasteiger partial charge in [-0.1, -0.05) is 23.8 Å².